The van der Waals surface area contributed by atoms with Crippen LogP contribution in [0.5, 0.6) is 0 Å². The number of hydrogen-bond acceptors (Lipinski definition) is 1. The largest absolute Gasteiger partial charge is 3.00 e. The quantitative estimate of drug-likeness (QED) is 0.274. The van der Waals surface area contributed by atoms with E-state index >= 15 is 0 Å². The van der Waals surface area contributed by atoms with Crippen LogP contribution in [0.3, 0.4) is 0 Å². The van der Waals surface area contributed by atoms with E-state index < -0.39 is 7.82 Å². The Hall–Kier alpha value is 0.175. The van der Waals surface area contributed by atoms with E-state index in [1.54, 1.807) is 0 Å². The van der Waals surface area contributed by atoms with E-state index in [9.17, 15) is 0 Å². The minimum Gasteiger partial charge on any atom is -0.303 e. The molecule has 0 saturated heterocycles. The minimum absolute atomic E-state index is 0. The van der Waals surface area contributed by atoms with Crippen LogP contribution in [0.15, 0.2) is 0 Å². The fourth-order valence-electron chi connectivity index (χ4n) is 0. The molecule has 0 bridgehead atoms. The predicted molar refractivity (Wildman–Crippen MR) is 22.2 cm³/mol. The van der Waals surface area contributed by atoms with E-state index in [-0.39, 0.29) is 11.3 Å². The Morgan fingerprint density at radius 1 is 1.33 bits per heavy atom. The molecule has 0 rings (SSSR count). The van der Waals surface area contributed by atoms with Gasteiger partial charge in [-0.3, -0.25) is 0 Å². The second-order valence-electron chi connectivity index (χ2n) is 0.513. The maximum absolute atomic E-state index is 8.88. The van der Waals surface area contributed by atoms with Gasteiger partial charge in [0.2, 0.25) is 0 Å². The van der Waals surface area contributed by atoms with E-state index in [2.05, 4.69) is 0 Å². The van der Waals surface area contributed by atoms with Crippen molar-refractivity contribution in [3.05, 3.63) is 0 Å². The maximum atomic E-state index is 8.88. The molecule has 0 amide bonds. The van der Waals surface area contributed by atoms with E-state index in [1.807, 2.05) is 0 Å². The van der Waals surface area contributed by atoms with Crippen LogP contribution >= 0.6 is 7.82 Å². The molecule has 6 heavy (non-hydrogen) atoms. The van der Waals surface area contributed by atoms with Gasteiger partial charge in [0.25, 0.3) is 0 Å². The van der Waals surface area contributed by atoms with Crippen LogP contribution in [-0.2, 0) is 4.57 Å². The summed E-state index contributed by atoms with van der Waals surface area (Å²) in [5, 5.41) is 0. The van der Waals surface area contributed by atoms with Gasteiger partial charge >= 0.3 is 19.1 Å². The van der Waals surface area contributed by atoms with Gasteiger partial charge in [-0.15, -0.1) is 0 Å². The molecule has 4 nitrogen and oxygen atoms in total. The Morgan fingerprint density at radius 2 is 1.33 bits per heavy atom. The minimum atomic E-state index is -4.64. The van der Waals surface area contributed by atoms with Crippen LogP contribution in [0.25, 0.3) is 0 Å². The normalized spacial score (nSPS) is 9.83. The zero-order valence-electron chi connectivity index (χ0n) is 4.77. The summed E-state index contributed by atoms with van der Waals surface area (Å²) in [4.78, 5) is 21.6. The van der Waals surface area contributed by atoms with Gasteiger partial charge in [0, 0.05) is 0 Å². The predicted octanol–water partition coefficient (Wildman–Crippen LogP) is -1.08. The SMILES string of the molecule is O=P(O)(O)O.[B+3].[H+].[H+]. The van der Waals surface area contributed by atoms with Crippen molar-refractivity contribution in [1.29, 1.82) is 0 Å². The standard InChI is InChI=1S/B.H3O4P/c;1-5(2,3)4/h;(H3,1,2,3,4)/q+3;/p+2. The second kappa shape index (κ2) is 2.37. The van der Waals surface area contributed by atoms with E-state index in [1.165, 1.54) is 0 Å². The van der Waals surface area contributed by atoms with Crippen LogP contribution in [-0.4, -0.2) is 23.1 Å². The van der Waals surface area contributed by atoms with Crippen molar-refractivity contribution in [2.45, 2.75) is 0 Å². The van der Waals surface area contributed by atoms with Crippen LogP contribution in [0, 0.1) is 0 Å². The first-order chi connectivity index (χ1) is 2.00. The Balaban J connectivity index is -0.0000000267. The first-order valence-electron chi connectivity index (χ1n) is 0.783. The van der Waals surface area contributed by atoms with Gasteiger partial charge in [0.15, 0.2) is 0 Å². The van der Waals surface area contributed by atoms with Crippen molar-refractivity contribution < 1.29 is 22.1 Å². The van der Waals surface area contributed by atoms with Crippen LogP contribution in [0.1, 0.15) is 2.85 Å². The molecule has 0 aliphatic rings. The molecule has 0 spiro atoms. The topological polar surface area (TPSA) is 77.8 Å². The van der Waals surface area contributed by atoms with Crippen molar-refractivity contribution in [2.75, 3.05) is 0 Å². The second-order valence-corrected chi connectivity index (χ2v) is 1.54. The average Bonchev–Trinajstić information content (AvgIpc) is 0.722. The molecule has 0 unspecified atom stereocenters. The molecule has 32 valence electrons. The van der Waals surface area contributed by atoms with Gasteiger partial charge in [-0.25, -0.2) is 4.57 Å². The van der Waals surface area contributed by atoms with Crippen LogP contribution < -0.4 is 0 Å². The van der Waals surface area contributed by atoms with Crippen molar-refractivity contribution in [2.24, 2.45) is 0 Å². The molecule has 0 aliphatic heterocycles. The zero-order chi connectivity index (χ0) is 4.50. The third-order valence-corrected chi connectivity index (χ3v) is 0. The molecule has 0 aliphatic carbocycles. The summed E-state index contributed by atoms with van der Waals surface area (Å²) in [6.07, 6.45) is 0. The van der Waals surface area contributed by atoms with Gasteiger partial charge in [0.05, 0.1) is 0 Å². The molecule has 6 heteroatoms. The van der Waals surface area contributed by atoms with Gasteiger partial charge in [-0.1, -0.05) is 0 Å². The van der Waals surface area contributed by atoms with Crippen molar-refractivity contribution in [1.82, 2.24) is 0 Å². The van der Waals surface area contributed by atoms with Gasteiger partial charge in [0.1, 0.15) is 0 Å². The van der Waals surface area contributed by atoms with Gasteiger partial charge < -0.3 is 14.7 Å². The summed E-state index contributed by atoms with van der Waals surface area (Å²) in [5.74, 6) is 0. The molecule has 0 saturated carbocycles. The molecule has 0 radical (unpaired) electrons. The Kier molecular flexibility index (Phi) is 3.74. The van der Waals surface area contributed by atoms with Gasteiger partial charge in [-0.05, 0) is 0 Å². The number of phosphoric acid groups is 1. The third kappa shape index (κ3) is 1380. The Bertz CT molecular complexity index is 60.2. The van der Waals surface area contributed by atoms with E-state index in [4.69, 9.17) is 19.2 Å². The summed E-state index contributed by atoms with van der Waals surface area (Å²) >= 11 is 0. The smallest absolute Gasteiger partial charge is 0.303 e. The fourth-order valence-corrected chi connectivity index (χ4v) is 0. The molecule has 3 N–H and O–H groups in total. The van der Waals surface area contributed by atoms with E-state index in [0.717, 1.165) is 0 Å². The third-order valence-electron chi connectivity index (χ3n) is 0. The molecule has 0 atom stereocenters. The number of rotatable bonds is 0. The first-order valence-corrected chi connectivity index (χ1v) is 2.35. The first kappa shape index (κ1) is 9.49. The van der Waals surface area contributed by atoms with Crippen molar-refractivity contribution in [3.63, 3.8) is 0 Å². The summed E-state index contributed by atoms with van der Waals surface area (Å²) in [6, 6.07) is 0. The average molecular weight is 111 g/mol. The Labute approximate surface area is 39.6 Å². The van der Waals surface area contributed by atoms with Gasteiger partial charge in [-0.2, -0.15) is 0 Å². The van der Waals surface area contributed by atoms with E-state index in [0.29, 0.717) is 0 Å². The molecule has 0 aromatic carbocycles. The molecular formula is H5BO4P+5. The molecular weight excluding hydrogens is 106 g/mol. The summed E-state index contributed by atoms with van der Waals surface area (Å²) < 4.78 is 8.88. The van der Waals surface area contributed by atoms with Crippen molar-refractivity contribution in [3.8, 4) is 0 Å². The zero-order valence-corrected chi connectivity index (χ0v) is 3.67. The molecule has 0 heterocycles. The molecule has 0 fully saturated rings. The Morgan fingerprint density at radius 3 is 1.33 bits per heavy atom. The monoisotopic (exact) mass is 111 g/mol. The fraction of sp³-hybridized carbons (Fsp3) is 0. The van der Waals surface area contributed by atoms with Crippen LogP contribution in [0.2, 0.25) is 0 Å². The maximum Gasteiger partial charge on any atom is 3.00 e. The summed E-state index contributed by atoms with van der Waals surface area (Å²) in [5.41, 5.74) is 0. The molecule has 0 aromatic heterocycles. The van der Waals surface area contributed by atoms with Crippen LogP contribution in [0.4, 0.5) is 0 Å². The number of hydrogen-bond donors (Lipinski definition) is 3. The summed E-state index contributed by atoms with van der Waals surface area (Å²) in [6.45, 7) is 0. The molecule has 0 aromatic rings. The summed E-state index contributed by atoms with van der Waals surface area (Å²) in [7, 11) is -4.64. The van der Waals surface area contributed by atoms with Crippen molar-refractivity contribution >= 4 is 16.2 Å².